The molecule has 0 saturated carbocycles. The lowest BCUT2D eigenvalue weighted by molar-refractivity contribution is -0.129. The van der Waals surface area contributed by atoms with E-state index in [1.165, 1.54) is 0 Å². The zero-order chi connectivity index (χ0) is 17.9. The number of furan rings is 1. The second-order valence-corrected chi connectivity index (χ2v) is 6.50. The lowest BCUT2D eigenvalue weighted by Crippen LogP contribution is -2.32. The molecule has 1 aromatic carbocycles. The molecule has 1 atom stereocenters. The van der Waals surface area contributed by atoms with Gasteiger partial charge in [0.05, 0.1) is 12.5 Å². The normalized spacial score (nSPS) is 17.0. The first-order valence-electron chi connectivity index (χ1n) is 8.61. The summed E-state index contributed by atoms with van der Waals surface area (Å²) in [6.45, 7) is 1.24. The van der Waals surface area contributed by atoms with E-state index < -0.39 is 0 Å². The summed E-state index contributed by atoms with van der Waals surface area (Å²) >= 11 is 0. The predicted octanol–water partition coefficient (Wildman–Crippen LogP) is 2.49. The van der Waals surface area contributed by atoms with Crippen molar-refractivity contribution >= 4 is 22.8 Å². The third-order valence-corrected chi connectivity index (χ3v) is 4.59. The fraction of sp³-hybridized carbons (Fsp3) is 0.250. The van der Waals surface area contributed by atoms with E-state index in [9.17, 15) is 9.59 Å². The van der Waals surface area contributed by atoms with Crippen LogP contribution in [0.2, 0.25) is 0 Å². The van der Waals surface area contributed by atoms with Crippen LogP contribution in [0.5, 0.6) is 0 Å². The molecule has 0 spiro atoms. The van der Waals surface area contributed by atoms with Gasteiger partial charge in [-0.2, -0.15) is 0 Å². The SMILES string of the molecule is O=C(NCc1cc2ccccc2o1)[C@H]1CC(=O)N(Cc2cccnc2)C1. The van der Waals surface area contributed by atoms with Gasteiger partial charge in [-0.1, -0.05) is 24.3 Å². The van der Waals surface area contributed by atoms with Crippen molar-refractivity contribution in [2.45, 2.75) is 19.5 Å². The van der Waals surface area contributed by atoms with E-state index >= 15 is 0 Å². The Balaban J connectivity index is 1.34. The van der Waals surface area contributed by atoms with Gasteiger partial charge in [-0.05, 0) is 23.8 Å². The fourth-order valence-electron chi connectivity index (χ4n) is 3.26. The van der Waals surface area contributed by atoms with Crippen LogP contribution in [0.25, 0.3) is 11.0 Å². The van der Waals surface area contributed by atoms with Crippen molar-refractivity contribution < 1.29 is 14.0 Å². The minimum Gasteiger partial charge on any atom is -0.459 e. The minimum atomic E-state index is -0.330. The van der Waals surface area contributed by atoms with Gasteiger partial charge in [-0.3, -0.25) is 14.6 Å². The molecule has 1 aliphatic heterocycles. The second kappa shape index (κ2) is 7.00. The summed E-state index contributed by atoms with van der Waals surface area (Å²) in [4.78, 5) is 30.4. The molecule has 1 fully saturated rings. The molecule has 26 heavy (non-hydrogen) atoms. The summed E-state index contributed by atoms with van der Waals surface area (Å²) < 4.78 is 5.70. The maximum atomic E-state index is 12.4. The van der Waals surface area contributed by atoms with Crippen LogP contribution in [0.15, 0.2) is 59.3 Å². The van der Waals surface area contributed by atoms with E-state index in [1.807, 2.05) is 42.5 Å². The van der Waals surface area contributed by atoms with Gasteiger partial charge in [-0.15, -0.1) is 0 Å². The van der Waals surface area contributed by atoms with Crippen LogP contribution in [0, 0.1) is 5.92 Å². The highest BCUT2D eigenvalue weighted by Crippen LogP contribution is 2.21. The van der Waals surface area contributed by atoms with Crippen molar-refractivity contribution in [3.8, 4) is 0 Å². The number of pyridine rings is 1. The first kappa shape index (κ1) is 16.3. The fourth-order valence-corrected chi connectivity index (χ4v) is 3.26. The zero-order valence-corrected chi connectivity index (χ0v) is 14.2. The Hall–Kier alpha value is -3.15. The Bertz CT molecular complexity index is 903. The third kappa shape index (κ3) is 3.44. The number of nitrogens with zero attached hydrogens (tertiary/aromatic N) is 2. The summed E-state index contributed by atoms with van der Waals surface area (Å²) in [7, 11) is 0. The van der Waals surface area contributed by atoms with Gasteiger partial charge >= 0.3 is 0 Å². The van der Waals surface area contributed by atoms with Crippen molar-refractivity contribution in [2.24, 2.45) is 5.92 Å². The van der Waals surface area contributed by atoms with Crippen LogP contribution in [-0.4, -0.2) is 28.2 Å². The highest BCUT2D eigenvalue weighted by atomic mass is 16.3. The Morgan fingerprint density at radius 2 is 2.15 bits per heavy atom. The molecule has 3 heterocycles. The van der Waals surface area contributed by atoms with E-state index in [1.54, 1.807) is 17.3 Å². The van der Waals surface area contributed by atoms with Gasteiger partial charge < -0.3 is 14.6 Å². The molecule has 0 aliphatic carbocycles. The molecule has 0 bridgehead atoms. The molecule has 3 aromatic rings. The van der Waals surface area contributed by atoms with Crippen molar-refractivity contribution in [1.29, 1.82) is 0 Å². The van der Waals surface area contributed by atoms with E-state index in [0.717, 1.165) is 16.5 Å². The average molecular weight is 349 g/mol. The van der Waals surface area contributed by atoms with Crippen LogP contribution < -0.4 is 5.32 Å². The number of amides is 2. The van der Waals surface area contributed by atoms with Crippen molar-refractivity contribution in [2.75, 3.05) is 6.54 Å². The highest BCUT2D eigenvalue weighted by Gasteiger charge is 2.34. The summed E-state index contributed by atoms with van der Waals surface area (Å²) in [5.41, 5.74) is 1.76. The summed E-state index contributed by atoms with van der Waals surface area (Å²) in [5, 5.41) is 3.89. The number of benzene rings is 1. The van der Waals surface area contributed by atoms with Crippen molar-refractivity contribution in [3.63, 3.8) is 0 Å². The number of carbonyl (C=O) groups excluding carboxylic acids is 2. The average Bonchev–Trinajstić information content (AvgIpc) is 3.24. The van der Waals surface area contributed by atoms with Gasteiger partial charge in [0.15, 0.2) is 0 Å². The van der Waals surface area contributed by atoms with Crippen LogP contribution in [0.1, 0.15) is 17.7 Å². The summed E-state index contributed by atoms with van der Waals surface area (Å²) in [6.07, 6.45) is 3.68. The number of carbonyl (C=O) groups is 2. The molecule has 0 radical (unpaired) electrons. The molecule has 1 aliphatic rings. The summed E-state index contributed by atoms with van der Waals surface area (Å²) in [5.74, 6) is 0.255. The Morgan fingerprint density at radius 1 is 1.27 bits per heavy atom. The Morgan fingerprint density at radius 3 is 2.96 bits per heavy atom. The molecule has 1 N–H and O–H groups in total. The number of rotatable bonds is 5. The van der Waals surface area contributed by atoms with E-state index in [0.29, 0.717) is 25.4 Å². The number of aromatic nitrogens is 1. The number of fused-ring (bicyclic) bond motifs is 1. The molecular weight excluding hydrogens is 330 g/mol. The van der Waals surface area contributed by atoms with E-state index in [2.05, 4.69) is 10.3 Å². The minimum absolute atomic E-state index is 0.00209. The van der Waals surface area contributed by atoms with Crippen LogP contribution in [-0.2, 0) is 22.7 Å². The first-order chi connectivity index (χ1) is 12.7. The topological polar surface area (TPSA) is 75.4 Å². The first-order valence-corrected chi connectivity index (χ1v) is 8.61. The number of para-hydroxylation sites is 1. The Labute approximate surface area is 150 Å². The van der Waals surface area contributed by atoms with Crippen LogP contribution >= 0.6 is 0 Å². The lowest BCUT2D eigenvalue weighted by atomic mass is 10.1. The monoisotopic (exact) mass is 349 g/mol. The van der Waals surface area contributed by atoms with Gasteiger partial charge in [0.2, 0.25) is 11.8 Å². The summed E-state index contributed by atoms with van der Waals surface area (Å²) in [6, 6.07) is 13.4. The molecule has 2 amide bonds. The van der Waals surface area contributed by atoms with E-state index in [-0.39, 0.29) is 24.2 Å². The molecule has 6 nitrogen and oxygen atoms in total. The molecule has 4 rings (SSSR count). The standard InChI is InChI=1S/C20H19N3O3/c24-19-9-16(13-23(19)12-14-4-3-7-21-10-14)20(25)22-11-17-8-15-5-1-2-6-18(15)26-17/h1-8,10,16H,9,11-13H2,(H,22,25)/t16-/m0/s1. The number of likely N-dealkylation sites (tertiary alicyclic amines) is 1. The maximum Gasteiger partial charge on any atom is 0.225 e. The van der Waals surface area contributed by atoms with Gasteiger partial charge in [0.1, 0.15) is 11.3 Å². The molecule has 132 valence electrons. The zero-order valence-electron chi connectivity index (χ0n) is 14.2. The van der Waals surface area contributed by atoms with E-state index in [4.69, 9.17) is 4.42 Å². The smallest absolute Gasteiger partial charge is 0.225 e. The van der Waals surface area contributed by atoms with Gasteiger partial charge in [0, 0.05) is 37.3 Å². The van der Waals surface area contributed by atoms with Crippen LogP contribution in [0.3, 0.4) is 0 Å². The molecule has 2 aromatic heterocycles. The maximum absolute atomic E-state index is 12.4. The van der Waals surface area contributed by atoms with Gasteiger partial charge in [-0.25, -0.2) is 0 Å². The largest absolute Gasteiger partial charge is 0.459 e. The lowest BCUT2D eigenvalue weighted by Gasteiger charge is -2.16. The molecule has 6 heteroatoms. The number of hydrogen-bond acceptors (Lipinski definition) is 4. The molecule has 1 saturated heterocycles. The molecule has 0 unspecified atom stereocenters. The van der Waals surface area contributed by atoms with Crippen LogP contribution in [0.4, 0.5) is 0 Å². The second-order valence-electron chi connectivity index (χ2n) is 6.50. The molecular formula is C20H19N3O3. The number of hydrogen-bond donors (Lipinski definition) is 1. The predicted molar refractivity (Wildman–Crippen MR) is 95.8 cm³/mol. The van der Waals surface area contributed by atoms with Crippen molar-refractivity contribution in [3.05, 3.63) is 66.2 Å². The quantitative estimate of drug-likeness (QED) is 0.768. The Kier molecular flexibility index (Phi) is 4.39. The number of nitrogens with one attached hydrogen (secondary N) is 1. The van der Waals surface area contributed by atoms with Crippen molar-refractivity contribution in [1.82, 2.24) is 15.2 Å². The van der Waals surface area contributed by atoms with Gasteiger partial charge in [0.25, 0.3) is 0 Å². The highest BCUT2D eigenvalue weighted by molar-refractivity contribution is 5.89. The third-order valence-electron chi connectivity index (χ3n) is 4.59.